The summed E-state index contributed by atoms with van der Waals surface area (Å²) in [6, 6.07) is 0. The molecule has 0 aromatic rings. The van der Waals surface area contributed by atoms with Crippen LogP contribution in [0.25, 0.3) is 0 Å². The van der Waals surface area contributed by atoms with Crippen molar-refractivity contribution in [2.45, 2.75) is 57.8 Å². The quantitative estimate of drug-likeness (QED) is 0.475. The van der Waals surface area contributed by atoms with Crippen molar-refractivity contribution in [2.75, 3.05) is 47.6 Å². The Morgan fingerprint density at radius 2 is 1.29 bits per heavy atom. The highest BCUT2D eigenvalue weighted by molar-refractivity contribution is 5.79. The van der Waals surface area contributed by atoms with E-state index < -0.39 is 0 Å². The van der Waals surface area contributed by atoms with Crippen LogP contribution in [0.5, 0.6) is 0 Å². The lowest BCUT2D eigenvalue weighted by Crippen LogP contribution is -2.49. The number of rotatable bonds is 10. The molecule has 0 bridgehead atoms. The van der Waals surface area contributed by atoms with Gasteiger partial charge in [0.05, 0.1) is 0 Å². The third-order valence-electron chi connectivity index (χ3n) is 6.24. The standard InChI is InChI=1S/C19H37N3O2/c1-20-17(22-16-19(9-6-10-19)12-14-24-3)21-15-18(11-13-23-2)7-4-5-8-18/h4-16H2,1-3H3,(H2,20,21,22). The number of nitrogens with zero attached hydrogens (tertiary/aromatic N) is 1. The Labute approximate surface area is 148 Å². The molecule has 0 aliphatic heterocycles. The summed E-state index contributed by atoms with van der Waals surface area (Å²) in [5.41, 5.74) is 0.798. The normalized spacial score (nSPS) is 22.2. The molecular formula is C19H37N3O2. The molecule has 0 unspecified atom stereocenters. The van der Waals surface area contributed by atoms with Gasteiger partial charge in [-0.15, -0.1) is 0 Å². The Balaban J connectivity index is 1.79. The summed E-state index contributed by atoms with van der Waals surface area (Å²) in [5.74, 6) is 0.947. The smallest absolute Gasteiger partial charge is 0.191 e. The SMILES string of the molecule is CN=C(NCC1(CCOC)CCCC1)NCC1(CCOC)CCC1. The second-order valence-corrected chi connectivity index (χ2v) is 7.83. The molecule has 5 nitrogen and oxygen atoms in total. The molecule has 2 fully saturated rings. The zero-order valence-electron chi connectivity index (χ0n) is 16.0. The first kappa shape index (κ1) is 19.5. The minimum Gasteiger partial charge on any atom is -0.385 e. The number of guanidine groups is 1. The van der Waals surface area contributed by atoms with Crippen LogP contribution < -0.4 is 10.6 Å². The van der Waals surface area contributed by atoms with E-state index in [4.69, 9.17) is 9.47 Å². The fourth-order valence-electron chi connectivity index (χ4n) is 4.23. The predicted octanol–water partition coefficient (Wildman–Crippen LogP) is 2.96. The number of methoxy groups -OCH3 is 2. The topological polar surface area (TPSA) is 54.9 Å². The fraction of sp³-hybridized carbons (Fsp3) is 0.947. The third kappa shape index (κ3) is 5.35. The lowest BCUT2D eigenvalue weighted by Gasteiger charge is -2.42. The Kier molecular flexibility index (Phi) is 7.82. The molecule has 0 atom stereocenters. The number of aliphatic imine (C=N–C) groups is 1. The first-order valence-electron chi connectivity index (χ1n) is 9.60. The maximum atomic E-state index is 5.33. The second kappa shape index (κ2) is 9.62. The minimum absolute atomic E-state index is 0.387. The van der Waals surface area contributed by atoms with Crippen LogP contribution in [0.3, 0.4) is 0 Å². The van der Waals surface area contributed by atoms with E-state index in [1.165, 1.54) is 44.9 Å². The van der Waals surface area contributed by atoms with E-state index in [2.05, 4.69) is 15.6 Å². The average Bonchev–Trinajstić information content (AvgIpc) is 3.03. The highest BCUT2D eigenvalue weighted by Gasteiger charge is 2.37. The largest absolute Gasteiger partial charge is 0.385 e. The third-order valence-corrected chi connectivity index (χ3v) is 6.24. The fourth-order valence-corrected chi connectivity index (χ4v) is 4.23. The van der Waals surface area contributed by atoms with E-state index >= 15 is 0 Å². The van der Waals surface area contributed by atoms with Crippen molar-refractivity contribution >= 4 is 5.96 Å². The number of ether oxygens (including phenoxy) is 2. The first-order valence-corrected chi connectivity index (χ1v) is 9.60. The average molecular weight is 340 g/mol. The van der Waals surface area contributed by atoms with Crippen LogP contribution >= 0.6 is 0 Å². The van der Waals surface area contributed by atoms with Crippen molar-refractivity contribution < 1.29 is 9.47 Å². The van der Waals surface area contributed by atoms with Crippen LogP contribution in [0.15, 0.2) is 4.99 Å². The van der Waals surface area contributed by atoms with Crippen LogP contribution in [0.4, 0.5) is 0 Å². The molecular weight excluding hydrogens is 302 g/mol. The van der Waals surface area contributed by atoms with Crippen molar-refractivity contribution in [3.8, 4) is 0 Å². The van der Waals surface area contributed by atoms with Gasteiger partial charge in [0.15, 0.2) is 5.96 Å². The zero-order valence-corrected chi connectivity index (χ0v) is 16.0. The molecule has 0 spiro atoms. The molecule has 2 aliphatic rings. The van der Waals surface area contributed by atoms with E-state index in [9.17, 15) is 0 Å². The van der Waals surface area contributed by atoms with Gasteiger partial charge in [-0.25, -0.2) is 0 Å². The van der Waals surface area contributed by atoms with E-state index in [1.54, 1.807) is 14.2 Å². The van der Waals surface area contributed by atoms with E-state index in [0.29, 0.717) is 10.8 Å². The Hall–Kier alpha value is -0.810. The number of hydrogen-bond donors (Lipinski definition) is 2. The first-order chi connectivity index (χ1) is 11.7. The summed E-state index contributed by atoms with van der Waals surface area (Å²) in [6.07, 6.45) is 11.5. The monoisotopic (exact) mass is 339 g/mol. The highest BCUT2D eigenvalue weighted by atomic mass is 16.5. The Bertz CT molecular complexity index is 388. The molecule has 0 aromatic heterocycles. The Morgan fingerprint density at radius 1 is 0.833 bits per heavy atom. The second-order valence-electron chi connectivity index (χ2n) is 7.83. The minimum atomic E-state index is 0.387. The molecule has 2 aliphatic carbocycles. The number of hydrogen-bond acceptors (Lipinski definition) is 3. The molecule has 2 saturated carbocycles. The summed E-state index contributed by atoms with van der Waals surface area (Å²) >= 11 is 0. The predicted molar refractivity (Wildman–Crippen MR) is 99.5 cm³/mol. The molecule has 0 amide bonds. The van der Waals surface area contributed by atoms with Gasteiger partial charge in [-0.1, -0.05) is 19.3 Å². The van der Waals surface area contributed by atoms with Gasteiger partial charge in [-0.2, -0.15) is 0 Å². The lowest BCUT2D eigenvalue weighted by atomic mass is 9.67. The molecule has 140 valence electrons. The van der Waals surface area contributed by atoms with Crippen LogP contribution in [0.2, 0.25) is 0 Å². The summed E-state index contributed by atoms with van der Waals surface area (Å²) in [4.78, 5) is 4.43. The van der Waals surface area contributed by atoms with Gasteiger partial charge >= 0.3 is 0 Å². The summed E-state index contributed by atoms with van der Waals surface area (Å²) < 4.78 is 10.6. The molecule has 24 heavy (non-hydrogen) atoms. The van der Waals surface area contributed by atoms with Crippen molar-refractivity contribution in [1.82, 2.24) is 10.6 Å². The van der Waals surface area contributed by atoms with Gasteiger partial charge in [0.1, 0.15) is 0 Å². The maximum absolute atomic E-state index is 5.33. The van der Waals surface area contributed by atoms with Crippen LogP contribution in [0, 0.1) is 10.8 Å². The number of nitrogens with one attached hydrogen (secondary N) is 2. The highest BCUT2D eigenvalue weighted by Crippen LogP contribution is 2.43. The van der Waals surface area contributed by atoms with Crippen LogP contribution in [0.1, 0.15) is 57.8 Å². The Morgan fingerprint density at radius 3 is 1.62 bits per heavy atom. The van der Waals surface area contributed by atoms with Crippen LogP contribution in [-0.4, -0.2) is 53.5 Å². The van der Waals surface area contributed by atoms with Gasteiger partial charge in [0.2, 0.25) is 0 Å². The van der Waals surface area contributed by atoms with E-state index in [1.807, 2.05) is 7.05 Å². The van der Waals surface area contributed by atoms with Gasteiger partial charge in [0.25, 0.3) is 0 Å². The van der Waals surface area contributed by atoms with Crippen molar-refractivity contribution in [1.29, 1.82) is 0 Å². The van der Waals surface area contributed by atoms with Crippen molar-refractivity contribution in [3.63, 3.8) is 0 Å². The van der Waals surface area contributed by atoms with Gasteiger partial charge in [-0.3, -0.25) is 4.99 Å². The molecule has 0 saturated heterocycles. The maximum Gasteiger partial charge on any atom is 0.191 e. The lowest BCUT2D eigenvalue weighted by molar-refractivity contribution is 0.0731. The molecule has 0 aromatic carbocycles. The van der Waals surface area contributed by atoms with Crippen LogP contribution in [-0.2, 0) is 9.47 Å². The van der Waals surface area contributed by atoms with Gasteiger partial charge in [-0.05, 0) is 49.4 Å². The van der Waals surface area contributed by atoms with E-state index in [-0.39, 0.29) is 0 Å². The molecule has 0 heterocycles. The molecule has 2 N–H and O–H groups in total. The van der Waals surface area contributed by atoms with Crippen molar-refractivity contribution in [2.24, 2.45) is 15.8 Å². The van der Waals surface area contributed by atoms with Crippen molar-refractivity contribution in [3.05, 3.63) is 0 Å². The summed E-state index contributed by atoms with van der Waals surface area (Å²) in [5, 5.41) is 7.16. The van der Waals surface area contributed by atoms with Gasteiger partial charge in [0, 0.05) is 47.6 Å². The molecule has 5 heteroatoms. The molecule has 0 radical (unpaired) electrons. The van der Waals surface area contributed by atoms with Gasteiger partial charge < -0.3 is 20.1 Å². The summed E-state index contributed by atoms with van der Waals surface area (Å²) in [7, 11) is 5.46. The summed E-state index contributed by atoms with van der Waals surface area (Å²) in [6.45, 7) is 3.71. The van der Waals surface area contributed by atoms with E-state index in [0.717, 1.165) is 45.1 Å². The molecule has 2 rings (SSSR count). The zero-order chi connectivity index (χ0) is 17.3.